The molecule has 1 unspecified atom stereocenters. The molecule has 2 aromatic carbocycles. The van der Waals surface area contributed by atoms with Gasteiger partial charge in [-0.05, 0) is 49.2 Å². The SMILES string of the molecule is CC(C)Oc1ccc(CNC(=O)C2CC(=O)N(Cc3cccc(C(F)(F)F)c3)C2)cc1. The smallest absolute Gasteiger partial charge is 0.416 e. The topological polar surface area (TPSA) is 58.6 Å². The highest BCUT2D eigenvalue weighted by atomic mass is 19.4. The average Bonchev–Trinajstić information content (AvgIpc) is 3.07. The van der Waals surface area contributed by atoms with Gasteiger partial charge in [0.25, 0.3) is 0 Å². The molecule has 1 aliphatic heterocycles. The number of amides is 2. The van der Waals surface area contributed by atoms with Crippen molar-refractivity contribution in [3.05, 3.63) is 65.2 Å². The maximum Gasteiger partial charge on any atom is 0.416 e. The number of carbonyl (C=O) groups is 2. The number of alkyl halides is 3. The number of nitrogens with zero attached hydrogens (tertiary/aromatic N) is 1. The summed E-state index contributed by atoms with van der Waals surface area (Å²) in [4.78, 5) is 26.2. The lowest BCUT2D eigenvalue weighted by Gasteiger charge is -2.18. The third-order valence-electron chi connectivity index (χ3n) is 4.97. The summed E-state index contributed by atoms with van der Waals surface area (Å²) in [6, 6.07) is 12.3. The average molecular weight is 434 g/mol. The third-order valence-corrected chi connectivity index (χ3v) is 4.97. The van der Waals surface area contributed by atoms with E-state index in [-0.39, 0.29) is 37.4 Å². The van der Waals surface area contributed by atoms with E-state index in [1.165, 1.54) is 11.0 Å². The van der Waals surface area contributed by atoms with E-state index in [9.17, 15) is 22.8 Å². The minimum atomic E-state index is -4.44. The molecule has 0 spiro atoms. The van der Waals surface area contributed by atoms with Crippen LogP contribution in [0.15, 0.2) is 48.5 Å². The van der Waals surface area contributed by atoms with E-state index in [1.54, 1.807) is 6.07 Å². The molecular formula is C23H25F3N2O3. The monoisotopic (exact) mass is 434 g/mol. The van der Waals surface area contributed by atoms with Gasteiger partial charge in [-0.15, -0.1) is 0 Å². The van der Waals surface area contributed by atoms with Crippen molar-refractivity contribution in [3.63, 3.8) is 0 Å². The number of hydrogen-bond donors (Lipinski definition) is 1. The van der Waals surface area contributed by atoms with Gasteiger partial charge in [-0.1, -0.05) is 24.3 Å². The van der Waals surface area contributed by atoms with E-state index in [0.717, 1.165) is 23.4 Å². The van der Waals surface area contributed by atoms with Gasteiger partial charge in [0, 0.05) is 26.1 Å². The summed E-state index contributed by atoms with van der Waals surface area (Å²) in [6.45, 7) is 4.42. The first-order valence-electron chi connectivity index (χ1n) is 10.1. The Bertz CT molecular complexity index is 926. The van der Waals surface area contributed by atoms with E-state index in [2.05, 4.69) is 5.32 Å². The van der Waals surface area contributed by atoms with Crippen LogP contribution >= 0.6 is 0 Å². The lowest BCUT2D eigenvalue weighted by molar-refractivity contribution is -0.137. The van der Waals surface area contributed by atoms with Gasteiger partial charge in [0.2, 0.25) is 11.8 Å². The molecule has 5 nitrogen and oxygen atoms in total. The fourth-order valence-corrected chi connectivity index (χ4v) is 3.46. The Morgan fingerprint density at radius 2 is 1.87 bits per heavy atom. The number of halogens is 3. The fourth-order valence-electron chi connectivity index (χ4n) is 3.46. The molecule has 3 rings (SSSR count). The highest BCUT2D eigenvalue weighted by Crippen LogP contribution is 2.30. The number of hydrogen-bond acceptors (Lipinski definition) is 3. The second kappa shape index (κ2) is 9.41. The molecule has 0 aliphatic carbocycles. The van der Waals surface area contributed by atoms with Crippen molar-refractivity contribution in [2.75, 3.05) is 6.54 Å². The van der Waals surface area contributed by atoms with E-state index in [4.69, 9.17) is 4.74 Å². The lowest BCUT2D eigenvalue weighted by Crippen LogP contribution is -2.32. The molecule has 1 aliphatic rings. The predicted octanol–water partition coefficient (Wildman–Crippen LogP) is 4.16. The Kier molecular flexibility index (Phi) is 6.87. The van der Waals surface area contributed by atoms with Crippen molar-refractivity contribution < 1.29 is 27.5 Å². The van der Waals surface area contributed by atoms with E-state index in [0.29, 0.717) is 12.1 Å². The molecule has 8 heteroatoms. The Morgan fingerprint density at radius 3 is 2.52 bits per heavy atom. The van der Waals surface area contributed by atoms with Crippen molar-refractivity contribution >= 4 is 11.8 Å². The van der Waals surface area contributed by atoms with Crippen molar-refractivity contribution in [1.82, 2.24) is 10.2 Å². The van der Waals surface area contributed by atoms with Gasteiger partial charge >= 0.3 is 6.18 Å². The van der Waals surface area contributed by atoms with Crippen LogP contribution in [0.3, 0.4) is 0 Å². The van der Waals surface area contributed by atoms with Crippen LogP contribution in [0.5, 0.6) is 5.75 Å². The zero-order chi connectivity index (χ0) is 22.6. The molecular weight excluding hydrogens is 409 g/mol. The van der Waals surface area contributed by atoms with Crippen LogP contribution in [0.25, 0.3) is 0 Å². The summed E-state index contributed by atoms with van der Waals surface area (Å²) >= 11 is 0. The van der Waals surface area contributed by atoms with Gasteiger partial charge in [0.15, 0.2) is 0 Å². The molecule has 1 atom stereocenters. The van der Waals surface area contributed by atoms with Crippen molar-refractivity contribution in [1.29, 1.82) is 0 Å². The van der Waals surface area contributed by atoms with Crippen LogP contribution in [0.2, 0.25) is 0 Å². The number of likely N-dealkylation sites (tertiary alicyclic amines) is 1. The molecule has 31 heavy (non-hydrogen) atoms. The maximum atomic E-state index is 12.9. The molecule has 1 saturated heterocycles. The van der Waals surface area contributed by atoms with Crippen LogP contribution in [-0.4, -0.2) is 29.4 Å². The van der Waals surface area contributed by atoms with Gasteiger partial charge in [-0.3, -0.25) is 9.59 Å². The quantitative estimate of drug-likeness (QED) is 0.712. The fraction of sp³-hybridized carbons (Fsp3) is 0.391. The normalized spacial score (nSPS) is 16.6. The van der Waals surface area contributed by atoms with Gasteiger partial charge < -0.3 is 15.0 Å². The van der Waals surface area contributed by atoms with Crippen LogP contribution < -0.4 is 10.1 Å². The molecule has 1 fully saturated rings. The zero-order valence-electron chi connectivity index (χ0n) is 17.4. The summed E-state index contributed by atoms with van der Waals surface area (Å²) in [7, 11) is 0. The number of nitrogens with one attached hydrogen (secondary N) is 1. The predicted molar refractivity (Wildman–Crippen MR) is 109 cm³/mol. The van der Waals surface area contributed by atoms with Gasteiger partial charge in [0.1, 0.15) is 5.75 Å². The van der Waals surface area contributed by atoms with E-state index >= 15 is 0 Å². The molecule has 0 aromatic heterocycles. The molecule has 1 N–H and O–H groups in total. The Morgan fingerprint density at radius 1 is 1.16 bits per heavy atom. The highest BCUT2D eigenvalue weighted by molar-refractivity contribution is 5.89. The van der Waals surface area contributed by atoms with E-state index in [1.807, 2.05) is 38.1 Å². The molecule has 2 amide bonds. The Balaban J connectivity index is 1.53. The number of rotatable bonds is 7. The number of benzene rings is 2. The standard InChI is InChI=1S/C23H25F3N2O3/c1-15(2)31-20-8-6-16(7-9-20)12-27-22(30)18-11-21(29)28(14-18)13-17-4-3-5-19(10-17)23(24,25)26/h3-10,15,18H,11-14H2,1-2H3,(H,27,30). The molecule has 2 aromatic rings. The molecule has 166 valence electrons. The largest absolute Gasteiger partial charge is 0.491 e. The number of ether oxygens (including phenoxy) is 1. The van der Waals surface area contributed by atoms with E-state index < -0.39 is 17.7 Å². The Labute approximate surface area is 179 Å². The molecule has 0 radical (unpaired) electrons. The van der Waals surface area contributed by atoms with Crippen molar-refractivity contribution in [2.45, 2.75) is 45.6 Å². The summed E-state index contributed by atoms with van der Waals surface area (Å²) in [5.74, 6) is -0.270. The van der Waals surface area contributed by atoms with Gasteiger partial charge in [-0.2, -0.15) is 13.2 Å². The second-order valence-electron chi connectivity index (χ2n) is 7.90. The van der Waals surface area contributed by atoms with Crippen LogP contribution in [0, 0.1) is 5.92 Å². The zero-order valence-corrected chi connectivity index (χ0v) is 17.4. The van der Waals surface area contributed by atoms with Crippen LogP contribution in [0.1, 0.15) is 37.0 Å². The van der Waals surface area contributed by atoms with Crippen LogP contribution in [-0.2, 0) is 28.9 Å². The summed E-state index contributed by atoms with van der Waals surface area (Å²) in [5, 5.41) is 2.83. The first-order chi connectivity index (χ1) is 14.6. The first kappa shape index (κ1) is 22.7. The first-order valence-corrected chi connectivity index (χ1v) is 10.1. The lowest BCUT2D eigenvalue weighted by atomic mass is 10.1. The highest BCUT2D eigenvalue weighted by Gasteiger charge is 2.35. The molecule has 1 heterocycles. The Hall–Kier alpha value is -3.03. The number of carbonyl (C=O) groups excluding carboxylic acids is 2. The minimum absolute atomic E-state index is 0.0455. The summed E-state index contributed by atoms with van der Waals surface area (Å²) < 4.78 is 44.2. The summed E-state index contributed by atoms with van der Waals surface area (Å²) in [6.07, 6.45) is -4.32. The van der Waals surface area contributed by atoms with Crippen molar-refractivity contribution in [2.24, 2.45) is 5.92 Å². The van der Waals surface area contributed by atoms with Crippen LogP contribution in [0.4, 0.5) is 13.2 Å². The maximum absolute atomic E-state index is 12.9. The molecule has 0 bridgehead atoms. The van der Waals surface area contributed by atoms with Crippen molar-refractivity contribution in [3.8, 4) is 5.75 Å². The third kappa shape index (κ3) is 6.23. The molecule has 0 saturated carbocycles. The minimum Gasteiger partial charge on any atom is -0.491 e. The van der Waals surface area contributed by atoms with Gasteiger partial charge in [-0.25, -0.2) is 0 Å². The second-order valence-corrected chi connectivity index (χ2v) is 7.90. The van der Waals surface area contributed by atoms with Gasteiger partial charge in [0.05, 0.1) is 17.6 Å². The summed E-state index contributed by atoms with van der Waals surface area (Å²) in [5.41, 5.74) is 0.526.